The van der Waals surface area contributed by atoms with Gasteiger partial charge in [-0.25, -0.2) is 13.2 Å². The van der Waals surface area contributed by atoms with Gasteiger partial charge in [0.1, 0.15) is 9.77 Å². The topological polar surface area (TPSA) is 74.7 Å². The number of aryl methyl sites for hydroxylation is 1. The lowest BCUT2D eigenvalue weighted by molar-refractivity contribution is 0.0697. The second-order valence-corrected chi connectivity index (χ2v) is 8.01. The molecule has 1 N–H and O–H groups in total. The standard InChI is InChI=1S/C13H19NO4S2/c1-8-7-19-11(13(15)16)12(8)20(17,18)14-9(2)5-4-6-10(14)3/h7,9-10H,4-6H2,1-3H3,(H,15,16)/t9-,10+. The third kappa shape index (κ3) is 2.49. The summed E-state index contributed by atoms with van der Waals surface area (Å²) in [6.07, 6.45) is 2.63. The van der Waals surface area contributed by atoms with E-state index in [9.17, 15) is 18.3 Å². The number of carbonyl (C=O) groups is 1. The van der Waals surface area contributed by atoms with Gasteiger partial charge in [-0.3, -0.25) is 0 Å². The van der Waals surface area contributed by atoms with E-state index in [1.54, 1.807) is 12.3 Å². The van der Waals surface area contributed by atoms with Gasteiger partial charge >= 0.3 is 5.97 Å². The summed E-state index contributed by atoms with van der Waals surface area (Å²) in [6, 6.07) is -0.186. The lowest BCUT2D eigenvalue weighted by Crippen LogP contribution is -2.47. The van der Waals surface area contributed by atoms with Crippen LogP contribution in [0, 0.1) is 6.92 Å². The molecule has 1 aliphatic heterocycles. The smallest absolute Gasteiger partial charge is 0.347 e. The summed E-state index contributed by atoms with van der Waals surface area (Å²) in [4.78, 5) is 11.1. The van der Waals surface area contributed by atoms with E-state index in [2.05, 4.69) is 0 Å². The van der Waals surface area contributed by atoms with Gasteiger partial charge in [-0.05, 0) is 44.6 Å². The molecule has 7 heteroatoms. The summed E-state index contributed by atoms with van der Waals surface area (Å²) in [7, 11) is -3.76. The third-order valence-corrected chi connectivity index (χ3v) is 7.29. The molecule has 2 rings (SSSR count). The molecule has 2 heterocycles. The van der Waals surface area contributed by atoms with Crippen LogP contribution in [-0.4, -0.2) is 35.9 Å². The predicted octanol–water partition coefficient (Wildman–Crippen LogP) is 2.71. The molecule has 0 spiro atoms. The van der Waals surface area contributed by atoms with Gasteiger partial charge in [-0.15, -0.1) is 11.3 Å². The Kier molecular flexibility index (Phi) is 4.22. The maximum absolute atomic E-state index is 12.9. The number of rotatable bonds is 3. The molecular weight excluding hydrogens is 298 g/mol. The monoisotopic (exact) mass is 317 g/mol. The second-order valence-electron chi connectivity index (χ2n) is 5.35. The number of carboxylic acids is 1. The lowest BCUT2D eigenvalue weighted by atomic mass is 10.0. The maximum Gasteiger partial charge on any atom is 0.347 e. The summed E-state index contributed by atoms with van der Waals surface area (Å²) < 4.78 is 27.3. The lowest BCUT2D eigenvalue weighted by Gasteiger charge is -2.37. The summed E-state index contributed by atoms with van der Waals surface area (Å²) in [5.74, 6) is -1.18. The average molecular weight is 317 g/mol. The van der Waals surface area contributed by atoms with Crippen molar-refractivity contribution >= 4 is 27.3 Å². The van der Waals surface area contributed by atoms with Crippen LogP contribution in [0.2, 0.25) is 0 Å². The zero-order valence-corrected chi connectivity index (χ0v) is 13.4. The van der Waals surface area contributed by atoms with E-state index in [-0.39, 0.29) is 21.9 Å². The molecule has 0 unspecified atom stereocenters. The highest BCUT2D eigenvalue weighted by molar-refractivity contribution is 7.89. The van der Waals surface area contributed by atoms with Crippen LogP contribution in [-0.2, 0) is 10.0 Å². The summed E-state index contributed by atoms with van der Waals surface area (Å²) in [5, 5.41) is 10.8. The maximum atomic E-state index is 12.9. The van der Waals surface area contributed by atoms with Crippen molar-refractivity contribution in [2.24, 2.45) is 0 Å². The molecule has 1 aromatic rings. The van der Waals surface area contributed by atoms with E-state index in [4.69, 9.17) is 0 Å². The molecule has 1 aliphatic rings. The number of thiophene rings is 1. The Bertz CT molecular complexity index is 610. The Morgan fingerprint density at radius 1 is 1.35 bits per heavy atom. The van der Waals surface area contributed by atoms with Crippen LogP contribution in [0.4, 0.5) is 0 Å². The van der Waals surface area contributed by atoms with Gasteiger partial charge in [0.2, 0.25) is 10.0 Å². The van der Waals surface area contributed by atoms with Gasteiger partial charge in [0.05, 0.1) is 0 Å². The number of nitrogens with zero attached hydrogens (tertiary/aromatic N) is 1. The molecule has 0 aromatic carbocycles. The Morgan fingerprint density at radius 2 is 1.90 bits per heavy atom. The molecule has 0 aliphatic carbocycles. The van der Waals surface area contributed by atoms with Crippen LogP contribution in [0.3, 0.4) is 0 Å². The molecule has 1 fully saturated rings. The second kappa shape index (κ2) is 5.46. The van der Waals surface area contributed by atoms with Crippen molar-refractivity contribution < 1.29 is 18.3 Å². The molecule has 5 nitrogen and oxygen atoms in total. The van der Waals surface area contributed by atoms with Crippen molar-refractivity contribution in [2.75, 3.05) is 0 Å². The van der Waals surface area contributed by atoms with Crippen LogP contribution in [0.15, 0.2) is 10.3 Å². The molecular formula is C13H19NO4S2. The third-order valence-electron chi connectivity index (χ3n) is 3.76. The van der Waals surface area contributed by atoms with E-state index in [0.29, 0.717) is 5.56 Å². The highest BCUT2D eigenvalue weighted by atomic mass is 32.2. The molecule has 1 aromatic heterocycles. The van der Waals surface area contributed by atoms with Crippen LogP contribution in [0.1, 0.15) is 48.3 Å². The van der Waals surface area contributed by atoms with Gasteiger partial charge in [0.15, 0.2) is 0 Å². The average Bonchev–Trinajstić information content (AvgIpc) is 2.71. The number of aromatic carboxylic acids is 1. The Balaban J connectivity index is 2.55. The molecule has 0 saturated carbocycles. The fourth-order valence-corrected chi connectivity index (χ4v) is 6.35. The highest BCUT2D eigenvalue weighted by Gasteiger charge is 2.39. The first-order chi connectivity index (χ1) is 9.26. The first kappa shape index (κ1) is 15.5. The van der Waals surface area contributed by atoms with Crippen molar-refractivity contribution in [1.82, 2.24) is 4.31 Å². The molecule has 0 bridgehead atoms. The predicted molar refractivity (Wildman–Crippen MR) is 77.8 cm³/mol. The van der Waals surface area contributed by atoms with E-state index < -0.39 is 16.0 Å². The van der Waals surface area contributed by atoms with Gasteiger partial charge in [-0.1, -0.05) is 6.42 Å². The molecule has 2 atom stereocenters. The minimum absolute atomic E-state index is 0.0319. The number of hydrogen-bond donors (Lipinski definition) is 1. The van der Waals surface area contributed by atoms with Crippen LogP contribution in [0.5, 0.6) is 0 Å². The Labute approximate surface area is 123 Å². The van der Waals surface area contributed by atoms with E-state index in [1.165, 1.54) is 4.31 Å². The minimum Gasteiger partial charge on any atom is -0.477 e. The molecule has 0 amide bonds. The Morgan fingerprint density at radius 3 is 2.40 bits per heavy atom. The van der Waals surface area contributed by atoms with Crippen LogP contribution >= 0.6 is 11.3 Å². The van der Waals surface area contributed by atoms with Crippen molar-refractivity contribution in [1.29, 1.82) is 0 Å². The number of carboxylic acid groups (broad SMARTS) is 1. The van der Waals surface area contributed by atoms with Crippen molar-refractivity contribution in [3.8, 4) is 0 Å². The van der Waals surface area contributed by atoms with Gasteiger partial charge in [-0.2, -0.15) is 4.31 Å². The zero-order valence-electron chi connectivity index (χ0n) is 11.8. The first-order valence-corrected chi connectivity index (χ1v) is 8.93. The van der Waals surface area contributed by atoms with Gasteiger partial charge in [0, 0.05) is 12.1 Å². The number of piperidine rings is 1. The first-order valence-electron chi connectivity index (χ1n) is 6.61. The zero-order chi connectivity index (χ0) is 15.1. The number of hydrogen-bond acceptors (Lipinski definition) is 4. The van der Waals surface area contributed by atoms with Crippen molar-refractivity contribution in [2.45, 2.75) is 57.0 Å². The SMILES string of the molecule is Cc1csc(C(=O)O)c1S(=O)(=O)N1[C@H](C)CCC[C@@H]1C. The normalized spacial score (nSPS) is 24.8. The summed E-state index contributed by atoms with van der Waals surface area (Å²) in [6.45, 7) is 5.42. The fraction of sp³-hybridized carbons (Fsp3) is 0.615. The van der Waals surface area contributed by atoms with Gasteiger partial charge < -0.3 is 5.11 Å². The summed E-state index contributed by atoms with van der Waals surface area (Å²) >= 11 is 0.972. The van der Waals surface area contributed by atoms with Gasteiger partial charge in [0.25, 0.3) is 0 Å². The van der Waals surface area contributed by atoms with Crippen molar-refractivity contribution in [3.05, 3.63) is 15.8 Å². The minimum atomic E-state index is -3.76. The molecule has 112 valence electrons. The van der Waals surface area contributed by atoms with Crippen LogP contribution in [0.25, 0.3) is 0 Å². The quantitative estimate of drug-likeness (QED) is 0.930. The number of sulfonamides is 1. The van der Waals surface area contributed by atoms with E-state index >= 15 is 0 Å². The fourth-order valence-electron chi connectivity index (χ4n) is 2.88. The molecule has 1 saturated heterocycles. The van der Waals surface area contributed by atoms with E-state index in [0.717, 1.165) is 30.6 Å². The van der Waals surface area contributed by atoms with E-state index in [1.807, 2.05) is 13.8 Å². The summed E-state index contributed by atoms with van der Waals surface area (Å²) in [5.41, 5.74) is 0.511. The molecule has 20 heavy (non-hydrogen) atoms. The van der Waals surface area contributed by atoms with Crippen molar-refractivity contribution in [3.63, 3.8) is 0 Å². The Hall–Kier alpha value is -0.920. The highest BCUT2D eigenvalue weighted by Crippen LogP contribution is 2.34. The largest absolute Gasteiger partial charge is 0.477 e. The van der Waals surface area contributed by atoms with Crippen LogP contribution < -0.4 is 0 Å². The molecule has 0 radical (unpaired) electrons.